The molecule has 7 heteroatoms. The zero-order valence-corrected chi connectivity index (χ0v) is 13.6. The van der Waals surface area contributed by atoms with Crippen molar-refractivity contribution in [2.75, 3.05) is 27.4 Å². The standard InChI is InChI=1S/C15H18N2O4S/c1-10(15-16-11-6-4-5-7-12(11)22-15)17(2)13(18)8-21-14(19)9-20-3/h4-7,10H,8-9H2,1-3H3/t10-/m1/s1. The van der Waals surface area contributed by atoms with E-state index in [4.69, 9.17) is 4.74 Å². The second-order valence-corrected chi connectivity index (χ2v) is 5.86. The van der Waals surface area contributed by atoms with Crippen molar-refractivity contribution in [3.05, 3.63) is 29.3 Å². The van der Waals surface area contributed by atoms with Crippen LogP contribution in [0, 0.1) is 0 Å². The Labute approximate surface area is 132 Å². The fourth-order valence-corrected chi connectivity index (χ4v) is 2.92. The molecule has 118 valence electrons. The van der Waals surface area contributed by atoms with Crippen molar-refractivity contribution < 1.29 is 19.1 Å². The van der Waals surface area contributed by atoms with Gasteiger partial charge in [-0.05, 0) is 19.1 Å². The Balaban J connectivity index is 2.00. The first-order valence-corrected chi connectivity index (χ1v) is 7.60. The molecule has 1 aromatic carbocycles. The van der Waals surface area contributed by atoms with Crippen molar-refractivity contribution in [1.29, 1.82) is 0 Å². The summed E-state index contributed by atoms with van der Waals surface area (Å²) < 4.78 is 10.6. The van der Waals surface area contributed by atoms with Crippen LogP contribution >= 0.6 is 11.3 Å². The molecule has 0 fully saturated rings. The number of nitrogens with zero attached hydrogens (tertiary/aromatic N) is 2. The van der Waals surface area contributed by atoms with E-state index < -0.39 is 5.97 Å². The molecule has 1 heterocycles. The minimum atomic E-state index is -0.558. The number of aromatic nitrogens is 1. The van der Waals surface area contributed by atoms with Gasteiger partial charge < -0.3 is 14.4 Å². The van der Waals surface area contributed by atoms with E-state index in [1.165, 1.54) is 12.0 Å². The highest BCUT2D eigenvalue weighted by Crippen LogP contribution is 2.28. The Kier molecular flexibility index (Phi) is 5.46. The van der Waals surface area contributed by atoms with Crippen LogP contribution in [0.25, 0.3) is 10.2 Å². The van der Waals surface area contributed by atoms with Crippen LogP contribution in [0.5, 0.6) is 0 Å². The van der Waals surface area contributed by atoms with E-state index in [9.17, 15) is 9.59 Å². The zero-order valence-electron chi connectivity index (χ0n) is 12.7. The van der Waals surface area contributed by atoms with Crippen LogP contribution in [0.4, 0.5) is 0 Å². The zero-order chi connectivity index (χ0) is 16.1. The van der Waals surface area contributed by atoms with Gasteiger partial charge in [0.15, 0.2) is 6.61 Å². The highest BCUT2D eigenvalue weighted by molar-refractivity contribution is 7.18. The number of carbonyl (C=O) groups excluding carboxylic acids is 2. The van der Waals surface area contributed by atoms with Gasteiger partial charge in [0.2, 0.25) is 0 Å². The van der Waals surface area contributed by atoms with Crippen LogP contribution in [-0.4, -0.2) is 49.1 Å². The molecule has 22 heavy (non-hydrogen) atoms. The molecule has 2 aromatic rings. The summed E-state index contributed by atoms with van der Waals surface area (Å²) in [6.45, 7) is 1.44. The maximum atomic E-state index is 12.1. The van der Waals surface area contributed by atoms with Gasteiger partial charge in [0.05, 0.1) is 16.3 Å². The molecule has 1 aromatic heterocycles. The second-order valence-electron chi connectivity index (χ2n) is 4.79. The highest BCUT2D eigenvalue weighted by Gasteiger charge is 2.21. The Hall–Kier alpha value is -1.99. The molecule has 1 atom stereocenters. The van der Waals surface area contributed by atoms with E-state index in [1.807, 2.05) is 31.2 Å². The molecule has 6 nitrogen and oxygen atoms in total. The van der Waals surface area contributed by atoms with Crippen molar-refractivity contribution in [2.24, 2.45) is 0 Å². The third kappa shape index (κ3) is 3.80. The summed E-state index contributed by atoms with van der Waals surface area (Å²) in [6, 6.07) is 7.64. The van der Waals surface area contributed by atoms with Gasteiger partial charge in [-0.3, -0.25) is 4.79 Å². The maximum absolute atomic E-state index is 12.1. The van der Waals surface area contributed by atoms with Crippen molar-refractivity contribution in [2.45, 2.75) is 13.0 Å². The largest absolute Gasteiger partial charge is 0.454 e. The molecule has 0 radical (unpaired) electrons. The van der Waals surface area contributed by atoms with E-state index in [2.05, 4.69) is 9.72 Å². The van der Waals surface area contributed by atoms with Crippen LogP contribution in [0.1, 0.15) is 18.0 Å². The first-order valence-electron chi connectivity index (χ1n) is 6.78. The van der Waals surface area contributed by atoms with Crippen LogP contribution in [0.3, 0.4) is 0 Å². The number of amides is 1. The topological polar surface area (TPSA) is 68.7 Å². The number of likely N-dealkylation sites (N-methyl/N-ethyl adjacent to an activating group) is 1. The number of hydrogen-bond acceptors (Lipinski definition) is 6. The predicted molar refractivity (Wildman–Crippen MR) is 83.6 cm³/mol. The van der Waals surface area contributed by atoms with Crippen LogP contribution in [0.15, 0.2) is 24.3 Å². The van der Waals surface area contributed by atoms with Gasteiger partial charge in [0, 0.05) is 14.2 Å². The molecular weight excluding hydrogens is 304 g/mol. The van der Waals surface area contributed by atoms with E-state index >= 15 is 0 Å². The van der Waals surface area contributed by atoms with E-state index in [1.54, 1.807) is 18.4 Å². The number of thiazole rings is 1. The Morgan fingerprint density at radius 2 is 2.05 bits per heavy atom. The number of carbonyl (C=O) groups is 2. The summed E-state index contributed by atoms with van der Waals surface area (Å²) in [6.07, 6.45) is 0. The molecule has 0 saturated heterocycles. The summed E-state index contributed by atoms with van der Waals surface area (Å²) in [5.74, 6) is -0.840. The molecule has 0 aliphatic heterocycles. The van der Waals surface area contributed by atoms with E-state index in [0.717, 1.165) is 15.2 Å². The van der Waals surface area contributed by atoms with Gasteiger partial charge in [-0.15, -0.1) is 11.3 Å². The molecule has 0 N–H and O–H groups in total. The number of esters is 1. The molecule has 0 unspecified atom stereocenters. The lowest BCUT2D eigenvalue weighted by Gasteiger charge is -2.23. The van der Waals surface area contributed by atoms with E-state index in [-0.39, 0.29) is 25.2 Å². The summed E-state index contributed by atoms with van der Waals surface area (Å²) >= 11 is 1.55. The lowest BCUT2D eigenvalue weighted by Crippen LogP contribution is -2.33. The molecule has 0 aliphatic carbocycles. The highest BCUT2D eigenvalue weighted by atomic mass is 32.1. The van der Waals surface area contributed by atoms with Crippen molar-refractivity contribution in [3.8, 4) is 0 Å². The second kappa shape index (κ2) is 7.33. The minimum absolute atomic E-state index is 0.162. The van der Waals surface area contributed by atoms with E-state index in [0.29, 0.717) is 0 Å². The van der Waals surface area contributed by atoms with Crippen LogP contribution in [0.2, 0.25) is 0 Å². The molecule has 0 aliphatic rings. The third-order valence-electron chi connectivity index (χ3n) is 3.26. The molecule has 0 spiro atoms. The lowest BCUT2D eigenvalue weighted by atomic mass is 10.3. The Morgan fingerprint density at radius 3 is 2.73 bits per heavy atom. The first-order chi connectivity index (χ1) is 10.5. The van der Waals surface area contributed by atoms with Crippen molar-refractivity contribution in [1.82, 2.24) is 9.88 Å². The van der Waals surface area contributed by atoms with Crippen molar-refractivity contribution >= 4 is 33.4 Å². The molecule has 0 bridgehead atoms. The number of methoxy groups -OCH3 is 1. The van der Waals surface area contributed by atoms with Crippen molar-refractivity contribution in [3.63, 3.8) is 0 Å². The molecular formula is C15H18N2O4S. The molecule has 2 rings (SSSR count). The number of ether oxygens (including phenoxy) is 2. The summed E-state index contributed by atoms with van der Waals surface area (Å²) in [5, 5.41) is 0.847. The first kappa shape index (κ1) is 16.4. The van der Waals surface area contributed by atoms with Gasteiger partial charge >= 0.3 is 5.97 Å². The van der Waals surface area contributed by atoms with Crippen LogP contribution in [-0.2, 0) is 19.1 Å². The normalized spacial score (nSPS) is 12.1. The molecule has 0 saturated carbocycles. The summed E-state index contributed by atoms with van der Waals surface area (Å²) in [5.41, 5.74) is 0.918. The fraction of sp³-hybridized carbons (Fsp3) is 0.400. The Morgan fingerprint density at radius 1 is 1.32 bits per heavy atom. The molecule has 1 amide bonds. The number of fused-ring (bicyclic) bond motifs is 1. The lowest BCUT2D eigenvalue weighted by molar-refractivity contribution is -0.155. The maximum Gasteiger partial charge on any atom is 0.332 e. The smallest absolute Gasteiger partial charge is 0.332 e. The average Bonchev–Trinajstić information content (AvgIpc) is 2.95. The number of benzene rings is 1. The third-order valence-corrected chi connectivity index (χ3v) is 4.47. The summed E-state index contributed by atoms with van der Waals surface area (Å²) in [7, 11) is 3.06. The van der Waals surface area contributed by atoms with Gasteiger partial charge in [0.1, 0.15) is 11.6 Å². The van der Waals surface area contributed by atoms with Gasteiger partial charge in [-0.1, -0.05) is 12.1 Å². The van der Waals surface area contributed by atoms with Gasteiger partial charge in [-0.2, -0.15) is 0 Å². The minimum Gasteiger partial charge on any atom is -0.454 e. The van der Waals surface area contributed by atoms with Gasteiger partial charge in [-0.25, -0.2) is 9.78 Å². The fourth-order valence-electron chi connectivity index (χ4n) is 1.85. The number of rotatable bonds is 6. The van der Waals surface area contributed by atoms with Crippen LogP contribution < -0.4 is 0 Å². The monoisotopic (exact) mass is 322 g/mol. The number of hydrogen-bond donors (Lipinski definition) is 0. The predicted octanol–water partition coefficient (Wildman–Crippen LogP) is 2.01. The average molecular weight is 322 g/mol. The SMILES string of the molecule is COCC(=O)OCC(=O)N(C)[C@H](C)c1nc2ccccc2s1. The Bertz CT molecular complexity index is 637. The summed E-state index contributed by atoms with van der Waals surface area (Å²) in [4.78, 5) is 29.3. The quantitative estimate of drug-likeness (QED) is 0.761. The number of para-hydroxylation sites is 1. The van der Waals surface area contributed by atoms with Gasteiger partial charge in [0.25, 0.3) is 5.91 Å².